The molecule has 1 aromatic carbocycles. The Morgan fingerprint density at radius 1 is 1.22 bits per heavy atom. The van der Waals surface area contributed by atoms with Crippen molar-refractivity contribution in [3.05, 3.63) is 22.3 Å². The van der Waals surface area contributed by atoms with Gasteiger partial charge in [0.15, 0.2) is 0 Å². The van der Waals surface area contributed by atoms with Crippen molar-refractivity contribution in [3.8, 4) is 11.5 Å². The van der Waals surface area contributed by atoms with Gasteiger partial charge in [-0.05, 0) is 57.2 Å². The molecule has 0 amide bonds. The van der Waals surface area contributed by atoms with Crippen LogP contribution >= 0.6 is 0 Å². The van der Waals surface area contributed by atoms with Crippen molar-refractivity contribution in [2.24, 2.45) is 5.10 Å². The summed E-state index contributed by atoms with van der Waals surface area (Å²) in [7, 11) is 5.57. The Balaban J connectivity index is 2.35. The summed E-state index contributed by atoms with van der Waals surface area (Å²) in [6, 6.07) is 0. The lowest BCUT2D eigenvalue weighted by molar-refractivity contribution is -0.878. The number of ether oxygens (including phenoxy) is 1. The number of hydrogen-bond acceptors (Lipinski definition) is 4. The lowest BCUT2D eigenvalue weighted by Gasteiger charge is -2.39. The SMILES string of the molecule is Cc1c(C)c2c(c(C)c1O)CCC(C)(CC([O-])=N[N+](C)(C)C)O2. The van der Waals surface area contributed by atoms with Gasteiger partial charge in [-0.15, -0.1) is 5.10 Å². The third-order valence-corrected chi connectivity index (χ3v) is 4.53. The Labute approximate surface area is 138 Å². The Morgan fingerprint density at radius 3 is 2.39 bits per heavy atom. The first kappa shape index (κ1) is 17.6. The maximum atomic E-state index is 12.2. The molecule has 128 valence electrons. The summed E-state index contributed by atoms with van der Waals surface area (Å²) in [5, 5.41) is 26.6. The standard InChI is InChI=1S/C18H28N2O3/c1-11-12(2)17-14(13(3)16(11)22)8-9-18(4,23-17)10-15(21)19-20(5,6)7/h8-10H2,1-7H3,(H-,19,21,22). The molecule has 5 heteroatoms. The molecule has 0 bridgehead atoms. The van der Waals surface area contributed by atoms with E-state index in [1.807, 2.05) is 48.8 Å². The first-order valence-corrected chi connectivity index (χ1v) is 8.02. The minimum Gasteiger partial charge on any atom is -0.858 e. The van der Waals surface area contributed by atoms with E-state index in [4.69, 9.17) is 4.74 Å². The molecule has 2 rings (SSSR count). The van der Waals surface area contributed by atoms with E-state index < -0.39 is 5.60 Å². The van der Waals surface area contributed by atoms with Crippen LogP contribution in [0.15, 0.2) is 5.10 Å². The van der Waals surface area contributed by atoms with Gasteiger partial charge in [-0.3, -0.25) is 0 Å². The van der Waals surface area contributed by atoms with Crippen LogP contribution in [0.1, 0.15) is 42.0 Å². The van der Waals surface area contributed by atoms with E-state index in [0.717, 1.165) is 40.8 Å². The van der Waals surface area contributed by atoms with Gasteiger partial charge >= 0.3 is 0 Å². The van der Waals surface area contributed by atoms with Crippen molar-refractivity contribution in [1.82, 2.24) is 0 Å². The monoisotopic (exact) mass is 320 g/mol. The summed E-state index contributed by atoms with van der Waals surface area (Å²) in [4.78, 5) is 0. The first-order valence-electron chi connectivity index (χ1n) is 8.02. The average Bonchev–Trinajstić information content (AvgIpc) is 2.40. The normalized spacial score (nSPS) is 21.8. The quantitative estimate of drug-likeness (QED) is 0.402. The highest BCUT2D eigenvalue weighted by molar-refractivity contribution is 5.72. The van der Waals surface area contributed by atoms with Gasteiger partial charge in [0.05, 0.1) is 21.1 Å². The summed E-state index contributed by atoms with van der Waals surface area (Å²) in [6.07, 6.45) is 1.80. The van der Waals surface area contributed by atoms with E-state index in [9.17, 15) is 10.2 Å². The number of rotatable bonds is 3. The van der Waals surface area contributed by atoms with Gasteiger partial charge in [-0.2, -0.15) is 0 Å². The molecule has 0 spiro atoms. The molecule has 1 aliphatic rings. The number of hydrogen-bond donors (Lipinski definition) is 1. The second-order valence-corrected chi connectivity index (χ2v) is 7.70. The number of aromatic hydroxyl groups is 1. The highest BCUT2D eigenvalue weighted by Crippen LogP contribution is 2.43. The van der Waals surface area contributed by atoms with Gasteiger partial charge in [0.25, 0.3) is 0 Å². The highest BCUT2D eigenvalue weighted by atomic mass is 16.5. The van der Waals surface area contributed by atoms with Crippen LogP contribution in [-0.2, 0) is 6.42 Å². The summed E-state index contributed by atoms with van der Waals surface area (Å²) >= 11 is 0. The molecule has 1 aromatic rings. The van der Waals surface area contributed by atoms with Crippen LogP contribution in [0.2, 0.25) is 0 Å². The molecule has 23 heavy (non-hydrogen) atoms. The maximum absolute atomic E-state index is 12.2. The van der Waals surface area contributed by atoms with Crippen LogP contribution in [0.5, 0.6) is 11.5 Å². The zero-order valence-electron chi connectivity index (χ0n) is 15.3. The Hall–Kier alpha value is -1.75. The fourth-order valence-electron chi connectivity index (χ4n) is 3.11. The van der Waals surface area contributed by atoms with Crippen LogP contribution in [0.25, 0.3) is 0 Å². The Kier molecular flexibility index (Phi) is 4.37. The van der Waals surface area contributed by atoms with Crippen LogP contribution in [-0.4, -0.2) is 42.3 Å². The summed E-state index contributed by atoms with van der Waals surface area (Å²) in [5.74, 6) is 1.03. The zero-order valence-corrected chi connectivity index (χ0v) is 15.3. The second-order valence-electron chi connectivity index (χ2n) is 7.70. The predicted octanol–water partition coefficient (Wildman–Crippen LogP) is 2.17. The molecular weight excluding hydrogens is 292 g/mol. The Bertz CT molecular complexity index is 659. The third kappa shape index (κ3) is 3.61. The van der Waals surface area contributed by atoms with Crippen molar-refractivity contribution in [2.75, 3.05) is 21.1 Å². The fourth-order valence-corrected chi connectivity index (χ4v) is 3.11. The van der Waals surface area contributed by atoms with Crippen molar-refractivity contribution in [1.29, 1.82) is 0 Å². The van der Waals surface area contributed by atoms with Crippen LogP contribution in [0.4, 0.5) is 0 Å². The molecule has 0 saturated carbocycles. The topological polar surface area (TPSA) is 64.9 Å². The fraction of sp³-hybridized carbons (Fsp3) is 0.611. The van der Waals surface area contributed by atoms with Gasteiger partial charge in [0.1, 0.15) is 17.1 Å². The molecule has 0 aromatic heterocycles. The number of phenolic OH excluding ortho intramolecular Hbond substituents is 1. The summed E-state index contributed by atoms with van der Waals surface area (Å²) < 4.78 is 6.51. The third-order valence-electron chi connectivity index (χ3n) is 4.53. The van der Waals surface area contributed by atoms with Gasteiger partial charge in [0, 0.05) is 17.9 Å². The molecule has 0 radical (unpaired) electrons. The summed E-state index contributed by atoms with van der Waals surface area (Å²) in [5.41, 5.74) is 3.17. The van der Waals surface area contributed by atoms with E-state index in [0.29, 0.717) is 5.75 Å². The lowest BCUT2D eigenvalue weighted by atomic mass is 9.85. The van der Waals surface area contributed by atoms with Gasteiger partial charge in [0.2, 0.25) is 0 Å². The first-order chi connectivity index (χ1) is 10.4. The molecular formula is C18H28N2O3. The molecule has 0 aliphatic carbocycles. The van der Waals surface area contributed by atoms with Crippen molar-refractivity contribution >= 4 is 5.90 Å². The minimum absolute atomic E-state index is 0.145. The molecule has 1 unspecified atom stereocenters. The Morgan fingerprint density at radius 2 is 1.83 bits per heavy atom. The average molecular weight is 320 g/mol. The molecule has 1 aliphatic heterocycles. The number of phenols is 1. The van der Waals surface area contributed by atoms with E-state index >= 15 is 0 Å². The summed E-state index contributed by atoms with van der Waals surface area (Å²) in [6.45, 7) is 7.74. The van der Waals surface area contributed by atoms with E-state index in [2.05, 4.69) is 5.10 Å². The smallest absolute Gasteiger partial charge is 0.127 e. The number of quaternary nitrogens is 1. The maximum Gasteiger partial charge on any atom is 0.127 e. The van der Waals surface area contributed by atoms with Crippen LogP contribution < -0.4 is 9.84 Å². The molecule has 1 N–H and O–H groups in total. The largest absolute Gasteiger partial charge is 0.858 e. The number of nitrogens with zero attached hydrogens (tertiary/aromatic N) is 2. The van der Waals surface area contributed by atoms with Crippen molar-refractivity contribution in [2.45, 2.75) is 52.6 Å². The van der Waals surface area contributed by atoms with Crippen molar-refractivity contribution < 1.29 is 19.5 Å². The van der Waals surface area contributed by atoms with Gasteiger partial charge in [-0.25, -0.2) is 4.59 Å². The molecule has 5 nitrogen and oxygen atoms in total. The predicted molar refractivity (Wildman–Crippen MR) is 89.8 cm³/mol. The second kappa shape index (κ2) is 5.71. The highest BCUT2D eigenvalue weighted by Gasteiger charge is 2.34. The van der Waals surface area contributed by atoms with E-state index in [-0.39, 0.29) is 16.9 Å². The lowest BCUT2D eigenvalue weighted by Crippen LogP contribution is -2.43. The van der Waals surface area contributed by atoms with Crippen molar-refractivity contribution in [3.63, 3.8) is 0 Å². The molecule has 0 saturated heterocycles. The van der Waals surface area contributed by atoms with Gasteiger partial charge in [-0.1, -0.05) is 0 Å². The minimum atomic E-state index is -0.552. The number of fused-ring (bicyclic) bond motifs is 1. The van der Waals surface area contributed by atoms with E-state index in [1.165, 1.54) is 0 Å². The van der Waals surface area contributed by atoms with Gasteiger partial charge < -0.3 is 14.9 Å². The van der Waals surface area contributed by atoms with E-state index in [1.54, 1.807) is 0 Å². The molecule has 0 fully saturated rings. The number of benzene rings is 1. The molecule has 1 atom stereocenters. The van der Waals surface area contributed by atoms with Crippen LogP contribution in [0.3, 0.4) is 0 Å². The zero-order chi connectivity index (χ0) is 17.6. The van der Waals surface area contributed by atoms with Crippen LogP contribution in [0, 0.1) is 20.8 Å². The molecule has 1 heterocycles.